The van der Waals surface area contributed by atoms with Crippen LogP contribution in [0.2, 0.25) is 0 Å². The van der Waals surface area contributed by atoms with Gasteiger partial charge in [0.1, 0.15) is 11.6 Å². The Morgan fingerprint density at radius 2 is 1.79 bits per heavy atom. The van der Waals surface area contributed by atoms with E-state index in [2.05, 4.69) is 20.2 Å². The van der Waals surface area contributed by atoms with Crippen molar-refractivity contribution in [1.82, 2.24) is 4.98 Å². The monoisotopic (exact) mass is 326 g/mol. The van der Waals surface area contributed by atoms with Crippen LogP contribution in [0.1, 0.15) is 0 Å². The zero-order chi connectivity index (χ0) is 16.8. The number of aromatic nitrogens is 1. The number of aromatic hydroxyl groups is 1. The summed E-state index contributed by atoms with van der Waals surface area (Å²) in [6.45, 7) is 0. The summed E-state index contributed by atoms with van der Waals surface area (Å²) in [5.74, 6) is -2.03. The maximum Gasteiger partial charge on any atom is 0.298 e. The number of aromatic amines is 1. The number of carbonyl (C=O) groups is 1. The number of carbonyl (C=O) groups excluding carboxylic acids is 1. The number of fused-ring (bicyclic) bond motifs is 2. The third kappa shape index (κ3) is 2.16. The van der Waals surface area contributed by atoms with Crippen LogP contribution in [0.25, 0.3) is 16.6 Å². The van der Waals surface area contributed by atoms with Gasteiger partial charge in [-0.1, -0.05) is 0 Å². The van der Waals surface area contributed by atoms with Gasteiger partial charge in [0.15, 0.2) is 11.4 Å². The molecule has 1 aliphatic heterocycles. The highest BCUT2D eigenvalue weighted by atomic mass is 19.1. The summed E-state index contributed by atoms with van der Waals surface area (Å²) in [5, 5.41) is 18.3. The molecule has 1 aromatic heterocycles. The van der Waals surface area contributed by atoms with Gasteiger partial charge in [-0.15, -0.1) is 10.2 Å². The Kier molecular flexibility index (Phi) is 2.99. The quantitative estimate of drug-likeness (QED) is 0.707. The van der Waals surface area contributed by atoms with Crippen molar-refractivity contribution in [3.05, 3.63) is 58.6 Å². The Bertz CT molecular complexity index is 1160. The first-order valence-electron chi connectivity index (χ1n) is 6.88. The second-order valence-electron chi connectivity index (χ2n) is 5.14. The minimum atomic E-state index is -0.662. The highest BCUT2D eigenvalue weighted by Crippen LogP contribution is 2.36. The molecular formula is C16H8F2N4O2. The number of H-pyrrole nitrogens is 1. The lowest BCUT2D eigenvalue weighted by Gasteiger charge is -1.93. The van der Waals surface area contributed by atoms with Gasteiger partial charge in [-0.2, -0.15) is 0 Å². The van der Waals surface area contributed by atoms with Crippen LogP contribution in [0.4, 0.5) is 14.5 Å². The first-order chi connectivity index (χ1) is 11.5. The summed E-state index contributed by atoms with van der Waals surface area (Å²) in [5.41, 5.74) is 0.297. The molecule has 0 atom stereocenters. The number of hydrogen-bond donors (Lipinski definition) is 2. The van der Waals surface area contributed by atoms with Crippen molar-refractivity contribution >= 4 is 28.2 Å². The molecule has 0 saturated heterocycles. The van der Waals surface area contributed by atoms with Crippen LogP contribution in [-0.4, -0.2) is 16.0 Å². The molecular weight excluding hydrogens is 318 g/mol. The van der Waals surface area contributed by atoms with Gasteiger partial charge in [0, 0.05) is 10.6 Å². The van der Waals surface area contributed by atoms with E-state index in [9.17, 15) is 18.7 Å². The number of amides is 1. The second-order valence-corrected chi connectivity index (χ2v) is 5.14. The van der Waals surface area contributed by atoms with Crippen molar-refractivity contribution in [3.8, 4) is 5.88 Å². The third-order valence-electron chi connectivity index (χ3n) is 3.60. The fourth-order valence-corrected chi connectivity index (χ4v) is 2.51. The van der Waals surface area contributed by atoms with E-state index in [0.29, 0.717) is 16.3 Å². The van der Waals surface area contributed by atoms with E-state index < -0.39 is 17.5 Å². The minimum absolute atomic E-state index is 0.0188. The topological polar surface area (TPSA) is 90.2 Å². The molecule has 4 rings (SSSR count). The highest BCUT2D eigenvalue weighted by Gasteiger charge is 2.18. The predicted octanol–water partition coefficient (Wildman–Crippen LogP) is 2.20. The van der Waals surface area contributed by atoms with Crippen LogP contribution >= 0.6 is 0 Å². The molecule has 2 heterocycles. The molecule has 0 radical (unpaired) electrons. The van der Waals surface area contributed by atoms with Gasteiger partial charge in [-0.3, -0.25) is 4.79 Å². The number of benzene rings is 2. The van der Waals surface area contributed by atoms with E-state index in [-0.39, 0.29) is 22.5 Å². The van der Waals surface area contributed by atoms with Gasteiger partial charge in [0.05, 0.1) is 10.9 Å². The Hall–Kier alpha value is -3.42. The van der Waals surface area contributed by atoms with E-state index in [0.717, 1.165) is 6.07 Å². The summed E-state index contributed by atoms with van der Waals surface area (Å²) >= 11 is 0. The molecule has 6 nitrogen and oxygen atoms in total. The van der Waals surface area contributed by atoms with Crippen LogP contribution in [0, 0.1) is 11.6 Å². The molecule has 24 heavy (non-hydrogen) atoms. The van der Waals surface area contributed by atoms with Crippen LogP contribution in [0.15, 0.2) is 51.6 Å². The standard InChI is InChI=1S/C16H8F2N4O2/c17-7-1-3-11-9(5-7)13(15(23)19-11)21-22-14-10-6-8(18)2-4-12(10)20-16(14)24/h1-6,19,23H. The van der Waals surface area contributed by atoms with E-state index in [1.807, 2.05) is 0 Å². The van der Waals surface area contributed by atoms with Crippen molar-refractivity contribution in [2.24, 2.45) is 15.2 Å². The molecule has 2 aromatic carbocycles. The number of hydrogen-bond acceptors (Lipinski definition) is 4. The number of rotatable bonds is 2. The van der Waals surface area contributed by atoms with E-state index in [1.165, 1.54) is 30.3 Å². The fraction of sp³-hybridized carbons (Fsp3) is 0. The summed E-state index contributed by atoms with van der Waals surface area (Å²) in [4.78, 5) is 18.3. The molecule has 118 valence electrons. The molecule has 8 heteroatoms. The van der Waals surface area contributed by atoms with Crippen molar-refractivity contribution in [3.63, 3.8) is 0 Å². The molecule has 1 aliphatic rings. The number of azo groups is 1. The molecule has 1 amide bonds. The molecule has 0 aliphatic carbocycles. The first kappa shape index (κ1) is 14.2. The molecule has 2 N–H and O–H groups in total. The van der Waals surface area contributed by atoms with Crippen LogP contribution in [0.5, 0.6) is 5.88 Å². The lowest BCUT2D eigenvalue weighted by Crippen LogP contribution is -2.22. The lowest BCUT2D eigenvalue weighted by atomic mass is 10.2. The number of halogens is 2. The van der Waals surface area contributed by atoms with Crippen LogP contribution in [-0.2, 0) is 4.79 Å². The van der Waals surface area contributed by atoms with Crippen molar-refractivity contribution in [2.75, 3.05) is 0 Å². The Morgan fingerprint density at radius 1 is 1.04 bits per heavy atom. The van der Waals surface area contributed by atoms with E-state index >= 15 is 0 Å². The van der Waals surface area contributed by atoms with Crippen molar-refractivity contribution < 1.29 is 18.7 Å². The lowest BCUT2D eigenvalue weighted by molar-refractivity contribution is -0.112. The van der Waals surface area contributed by atoms with Crippen LogP contribution in [0.3, 0.4) is 0 Å². The summed E-state index contributed by atoms with van der Waals surface area (Å²) in [6.07, 6.45) is 0. The zero-order valence-corrected chi connectivity index (χ0v) is 11.9. The fourth-order valence-electron chi connectivity index (χ4n) is 2.51. The van der Waals surface area contributed by atoms with Crippen LogP contribution < -0.4 is 10.6 Å². The second kappa shape index (κ2) is 5.05. The van der Waals surface area contributed by atoms with E-state index in [4.69, 9.17) is 0 Å². The Labute approximate surface area is 132 Å². The molecule has 0 saturated carbocycles. The smallest absolute Gasteiger partial charge is 0.298 e. The summed E-state index contributed by atoms with van der Waals surface area (Å²) in [6, 6.07) is 7.53. The predicted molar refractivity (Wildman–Crippen MR) is 80.0 cm³/mol. The molecule has 0 spiro atoms. The largest absolute Gasteiger partial charge is 0.493 e. The maximum atomic E-state index is 13.4. The minimum Gasteiger partial charge on any atom is -0.493 e. The summed E-state index contributed by atoms with van der Waals surface area (Å²) in [7, 11) is 0. The van der Waals surface area contributed by atoms with Gasteiger partial charge >= 0.3 is 0 Å². The third-order valence-corrected chi connectivity index (χ3v) is 3.60. The average molecular weight is 326 g/mol. The zero-order valence-electron chi connectivity index (χ0n) is 11.9. The van der Waals surface area contributed by atoms with E-state index in [1.54, 1.807) is 0 Å². The van der Waals surface area contributed by atoms with Crippen molar-refractivity contribution in [1.29, 1.82) is 0 Å². The van der Waals surface area contributed by atoms with Gasteiger partial charge in [0.25, 0.3) is 5.91 Å². The van der Waals surface area contributed by atoms with Gasteiger partial charge < -0.3 is 10.1 Å². The van der Waals surface area contributed by atoms with Gasteiger partial charge in [-0.05, 0) is 36.4 Å². The maximum absolute atomic E-state index is 13.4. The number of nitrogens with zero attached hydrogens (tertiary/aromatic N) is 3. The molecule has 0 fully saturated rings. The SMILES string of the molecule is O=C1N=c2ccc(F)cc2=C1N=Nc1c(O)[nH]c2ccc(F)cc12. The first-order valence-corrected chi connectivity index (χ1v) is 6.88. The Morgan fingerprint density at radius 3 is 2.62 bits per heavy atom. The summed E-state index contributed by atoms with van der Waals surface area (Å²) < 4.78 is 26.8. The molecule has 3 aromatic rings. The number of nitrogens with one attached hydrogen (secondary N) is 1. The highest BCUT2D eigenvalue weighted by molar-refractivity contribution is 6.14. The normalized spacial score (nSPS) is 13.8. The van der Waals surface area contributed by atoms with Gasteiger partial charge in [-0.25, -0.2) is 13.8 Å². The van der Waals surface area contributed by atoms with Crippen molar-refractivity contribution in [2.45, 2.75) is 0 Å². The molecule has 0 unspecified atom stereocenters. The average Bonchev–Trinajstić information content (AvgIpc) is 3.01. The Balaban J connectivity index is 1.89. The van der Waals surface area contributed by atoms with Gasteiger partial charge in [0.2, 0.25) is 5.88 Å². The molecule has 0 bridgehead atoms.